The molecule has 0 fully saturated rings. The smallest absolute Gasteiger partial charge is 0.0641 e. The van der Waals surface area contributed by atoms with Gasteiger partial charge in [-0.3, -0.25) is 0 Å². The standard InChI is InChI=1S/2C54H35N3/c1-4-14-36(15-5-1)37-24-28-42(29-25-37)55(40-16-6-2-7-17-40)43-30-26-38(27-31-43)39-34-47-45-21-11-13-23-49(45)57-48-22-12-10-20-44(48)46-32-33-50-53(54(46)57)52(47)51(35-39)56(50)41-18-8-3-9-19-41;1-4-14-36(15-5-1)37-26-29-42(30-27-37)55(40-17-6-2-7-18-40)43-21-12-16-38(34-43)39-28-32-49-47(35-39)46-31-33-51-53-52-45(44-22-10-11-24-48(44)57(49)54(46)53)23-13-25-50(52)56(51)41-19-8-3-9-20-41/h2*1-35H. The summed E-state index contributed by atoms with van der Waals surface area (Å²) in [6.45, 7) is 0. The Kier molecular flexibility index (Phi) is 14.9. The van der Waals surface area contributed by atoms with Crippen molar-refractivity contribution in [2.45, 2.75) is 0 Å². The number of nitrogens with zero attached hydrogens (tertiary/aromatic N) is 6. The fraction of sp³-hybridized carbons (Fsp3) is 0. The van der Waals surface area contributed by atoms with E-state index in [0.717, 1.165) is 39.8 Å². The fourth-order valence-corrected chi connectivity index (χ4v) is 18.7. The maximum atomic E-state index is 2.52. The molecule has 6 aromatic heterocycles. The van der Waals surface area contributed by atoms with Crippen LogP contribution in [-0.4, -0.2) is 17.9 Å². The van der Waals surface area contributed by atoms with Gasteiger partial charge >= 0.3 is 0 Å². The largest absolute Gasteiger partial charge is 0.311 e. The van der Waals surface area contributed by atoms with Crippen molar-refractivity contribution >= 4 is 154 Å². The molecule has 0 amide bonds. The average molecular weight is 1450 g/mol. The second kappa shape index (κ2) is 26.2. The lowest BCUT2D eigenvalue weighted by molar-refractivity contribution is 1.18. The van der Waals surface area contributed by atoms with Crippen molar-refractivity contribution in [3.8, 4) is 55.9 Å². The number of benzene rings is 18. The average Bonchev–Trinajstić information content (AvgIpc) is 1.53. The monoisotopic (exact) mass is 1450 g/mol. The molecule has 0 saturated carbocycles. The van der Waals surface area contributed by atoms with Gasteiger partial charge in [0.15, 0.2) is 0 Å². The van der Waals surface area contributed by atoms with Gasteiger partial charge < -0.3 is 27.7 Å². The van der Waals surface area contributed by atoms with E-state index in [9.17, 15) is 0 Å². The molecule has 532 valence electrons. The Hall–Kier alpha value is -15.2. The van der Waals surface area contributed by atoms with Gasteiger partial charge in [-0.05, 0) is 213 Å². The van der Waals surface area contributed by atoms with Crippen molar-refractivity contribution < 1.29 is 0 Å². The van der Waals surface area contributed by atoms with Crippen LogP contribution in [0.3, 0.4) is 0 Å². The predicted octanol–water partition coefficient (Wildman–Crippen LogP) is 29.5. The Labute approximate surface area is 657 Å². The SMILES string of the molecule is c1ccc(-c2ccc(N(c3ccccc3)c3ccc(-c4cc5c6ccccc6n6c7ccccc7c7ccc8c(c5c(c4)n8-c4ccccc4)c76)cc3)cc2)cc1.c1ccc(-c2ccc(N(c3ccccc3)c3cccc(-c4ccc5c(c4)c4ccc6c7c8c(cccc8n6-c6ccccc6)c6ccccc6n5c47)c3)cc2)cc1. The number of fused-ring (bicyclic) bond motifs is 12. The number of rotatable bonds is 12. The quantitative estimate of drug-likeness (QED) is 0.122. The molecular weight excluding hydrogens is 1380 g/mol. The highest BCUT2D eigenvalue weighted by Crippen LogP contribution is 2.50. The molecule has 0 N–H and O–H groups in total. The molecule has 0 aliphatic heterocycles. The first-order chi connectivity index (χ1) is 56.6. The van der Waals surface area contributed by atoms with Crippen LogP contribution in [0.2, 0.25) is 0 Å². The minimum Gasteiger partial charge on any atom is -0.311 e. The zero-order valence-corrected chi connectivity index (χ0v) is 62.1. The van der Waals surface area contributed by atoms with Crippen LogP contribution in [0.4, 0.5) is 34.1 Å². The molecule has 18 aromatic carbocycles. The summed E-state index contributed by atoms with van der Waals surface area (Å²) in [6, 6.07) is 155. The molecule has 0 saturated heterocycles. The molecule has 6 heterocycles. The molecule has 114 heavy (non-hydrogen) atoms. The van der Waals surface area contributed by atoms with Gasteiger partial charge in [-0.1, -0.05) is 267 Å². The molecule has 0 bridgehead atoms. The summed E-state index contributed by atoms with van der Waals surface area (Å²) >= 11 is 0. The first kappa shape index (κ1) is 64.7. The molecule has 0 atom stereocenters. The van der Waals surface area contributed by atoms with Crippen molar-refractivity contribution in [3.63, 3.8) is 0 Å². The van der Waals surface area contributed by atoms with E-state index in [1.54, 1.807) is 0 Å². The lowest BCUT2D eigenvalue weighted by Gasteiger charge is -2.26. The van der Waals surface area contributed by atoms with Crippen molar-refractivity contribution in [2.24, 2.45) is 0 Å². The van der Waals surface area contributed by atoms with Crippen LogP contribution < -0.4 is 9.80 Å². The summed E-state index contributed by atoms with van der Waals surface area (Å²) in [6.07, 6.45) is 0. The maximum Gasteiger partial charge on any atom is 0.0641 e. The van der Waals surface area contributed by atoms with E-state index in [2.05, 4.69) is 452 Å². The molecular formula is C108H70N6. The second-order valence-electron chi connectivity index (χ2n) is 29.9. The third kappa shape index (κ3) is 10.2. The molecule has 6 heteroatoms. The molecule has 24 rings (SSSR count). The zero-order chi connectivity index (χ0) is 74.9. The Morgan fingerprint density at radius 2 is 0.456 bits per heavy atom. The van der Waals surface area contributed by atoms with Crippen LogP contribution in [0.5, 0.6) is 0 Å². The second-order valence-corrected chi connectivity index (χ2v) is 29.9. The van der Waals surface area contributed by atoms with Crippen molar-refractivity contribution in [1.29, 1.82) is 0 Å². The summed E-state index contributed by atoms with van der Waals surface area (Å²) in [4.78, 5) is 4.69. The summed E-state index contributed by atoms with van der Waals surface area (Å²) in [5, 5.41) is 15.3. The molecule has 0 radical (unpaired) electrons. The van der Waals surface area contributed by atoms with E-state index in [1.165, 1.54) is 170 Å². The summed E-state index contributed by atoms with van der Waals surface area (Å²) in [5.74, 6) is 0. The van der Waals surface area contributed by atoms with E-state index < -0.39 is 0 Å². The van der Waals surface area contributed by atoms with Gasteiger partial charge in [0.2, 0.25) is 0 Å². The van der Waals surface area contributed by atoms with E-state index in [0.29, 0.717) is 0 Å². The third-order valence-corrected chi connectivity index (χ3v) is 23.6. The Morgan fingerprint density at radius 3 is 0.974 bits per heavy atom. The number of hydrogen-bond donors (Lipinski definition) is 0. The fourth-order valence-electron chi connectivity index (χ4n) is 18.7. The van der Waals surface area contributed by atoms with Crippen molar-refractivity contribution in [3.05, 3.63) is 425 Å². The van der Waals surface area contributed by atoms with Crippen LogP contribution in [0.25, 0.3) is 176 Å². The molecule has 6 nitrogen and oxygen atoms in total. The zero-order valence-electron chi connectivity index (χ0n) is 62.1. The number of hydrogen-bond acceptors (Lipinski definition) is 2. The summed E-state index contributed by atoms with van der Waals surface area (Å²) in [5.41, 5.74) is 30.8. The maximum absolute atomic E-state index is 2.52. The van der Waals surface area contributed by atoms with Gasteiger partial charge in [0.25, 0.3) is 0 Å². The predicted molar refractivity (Wildman–Crippen MR) is 482 cm³/mol. The van der Waals surface area contributed by atoms with Gasteiger partial charge in [0.05, 0.1) is 55.2 Å². The first-order valence-corrected chi connectivity index (χ1v) is 39.2. The lowest BCUT2D eigenvalue weighted by atomic mass is 9.97. The van der Waals surface area contributed by atoms with Gasteiger partial charge in [0, 0.05) is 99.4 Å². The lowest BCUT2D eigenvalue weighted by Crippen LogP contribution is -2.09. The van der Waals surface area contributed by atoms with E-state index in [4.69, 9.17) is 0 Å². The van der Waals surface area contributed by atoms with Crippen LogP contribution in [0.15, 0.2) is 425 Å². The van der Waals surface area contributed by atoms with Crippen LogP contribution >= 0.6 is 0 Å². The summed E-state index contributed by atoms with van der Waals surface area (Å²) < 4.78 is 9.94. The van der Waals surface area contributed by atoms with E-state index in [1.807, 2.05) is 0 Å². The Balaban J connectivity index is 0.000000135. The Morgan fingerprint density at radius 1 is 0.149 bits per heavy atom. The van der Waals surface area contributed by atoms with Gasteiger partial charge in [-0.15, -0.1) is 0 Å². The van der Waals surface area contributed by atoms with Crippen LogP contribution in [0, 0.1) is 0 Å². The third-order valence-electron chi connectivity index (χ3n) is 23.6. The van der Waals surface area contributed by atoms with Crippen LogP contribution in [-0.2, 0) is 0 Å². The van der Waals surface area contributed by atoms with Gasteiger partial charge in [-0.25, -0.2) is 0 Å². The highest BCUT2D eigenvalue weighted by atomic mass is 15.1. The Bertz CT molecular complexity index is 7780. The molecule has 0 aliphatic carbocycles. The molecule has 0 unspecified atom stereocenters. The highest BCUT2D eigenvalue weighted by Gasteiger charge is 2.27. The summed E-state index contributed by atoms with van der Waals surface area (Å²) in [7, 11) is 0. The van der Waals surface area contributed by atoms with E-state index >= 15 is 0 Å². The molecule has 24 aromatic rings. The first-order valence-electron chi connectivity index (χ1n) is 39.2. The number of aromatic nitrogens is 4. The van der Waals surface area contributed by atoms with Crippen molar-refractivity contribution in [2.75, 3.05) is 9.80 Å². The van der Waals surface area contributed by atoms with Gasteiger partial charge in [0.1, 0.15) is 0 Å². The van der Waals surface area contributed by atoms with Crippen molar-refractivity contribution in [1.82, 2.24) is 17.9 Å². The van der Waals surface area contributed by atoms with E-state index in [-0.39, 0.29) is 0 Å². The number of anilines is 6. The topological polar surface area (TPSA) is 25.2 Å². The van der Waals surface area contributed by atoms with Gasteiger partial charge in [-0.2, -0.15) is 0 Å². The minimum atomic E-state index is 1.11. The minimum absolute atomic E-state index is 1.11. The molecule has 0 aliphatic rings. The normalized spacial score (nSPS) is 11.9. The number of para-hydroxylation sites is 7. The molecule has 0 spiro atoms. The highest BCUT2D eigenvalue weighted by molar-refractivity contribution is 6.35. The van der Waals surface area contributed by atoms with Crippen LogP contribution in [0.1, 0.15) is 0 Å².